The van der Waals surface area contributed by atoms with Crippen molar-refractivity contribution in [1.29, 1.82) is 0 Å². The zero-order chi connectivity index (χ0) is 7.56. The third-order valence-electron chi connectivity index (χ3n) is 1.05. The third-order valence-corrected chi connectivity index (χ3v) is 1.05. The molecule has 0 saturated heterocycles. The van der Waals surface area contributed by atoms with Gasteiger partial charge in [-0.25, -0.2) is 9.37 Å². The summed E-state index contributed by atoms with van der Waals surface area (Å²) < 4.78 is 24.7. The maximum Gasteiger partial charge on any atom is 0.220 e. The first-order chi connectivity index (χ1) is 4.74. The molecule has 0 saturated carbocycles. The van der Waals surface area contributed by atoms with Gasteiger partial charge in [0.15, 0.2) is 0 Å². The molecule has 10 heavy (non-hydrogen) atoms. The Morgan fingerprint density at radius 2 is 2.20 bits per heavy atom. The van der Waals surface area contributed by atoms with Crippen LogP contribution in [-0.4, -0.2) is 4.98 Å². The SMILES string of the molecule is C=Cc1cc(F)cnc1F. The van der Waals surface area contributed by atoms with Crippen molar-refractivity contribution in [2.45, 2.75) is 0 Å². The van der Waals surface area contributed by atoms with E-state index in [1.807, 2.05) is 0 Å². The van der Waals surface area contributed by atoms with Gasteiger partial charge in [0.05, 0.1) is 6.20 Å². The summed E-state index contributed by atoms with van der Waals surface area (Å²) in [4.78, 5) is 3.14. The normalized spacial score (nSPS) is 9.40. The molecule has 0 aliphatic carbocycles. The average Bonchev–Trinajstić information content (AvgIpc) is 1.94. The van der Waals surface area contributed by atoms with Crippen molar-refractivity contribution in [3.63, 3.8) is 0 Å². The molecular weight excluding hydrogens is 136 g/mol. The Morgan fingerprint density at radius 1 is 1.50 bits per heavy atom. The van der Waals surface area contributed by atoms with Crippen LogP contribution in [0.5, 0.6) is 0 Å². The van der Waals surface area contributed by atoms with Crippen LogP contribution >= 0.6 is 0 Å². The quantitative estimate of drug-likeness (QED) is 0.545. The maximum absolute atomic E-state index is 12.4. The third kappa shape index (κ3) is 1.18. The number of rotatable bonds is 1. The molecule has 0 aromatic carbocycles. The second-order valence-electron chi connectivity index (χ2n) is 1.74. The Labute approximate surface area is 57.0 Å². The van der Waals surface area contributed by atoms with E-state index in [9.17, 15) is 8.78 Å². The minimum atomic E-state index is -0.698. The molecular formula is C7H5F2N. The smallest absolute Gasteiger partial charge is 0.220 e. The number of hydrogen-bond donors (Lipinski definition) is 0. The average molecular weight is 141 g/mol. The Kier molecular flexibility index (Phi) is 1.76. The highest BCUT2D eigenvalue weighted by Gasteiger charge is 1.99. The van der Waals surface area contributed by atoms with Crippen molar-refractivity contribution in [1.82, 2.24) is 4.98 Å². The van der Waals surface area contributed by atoms with Crippen molar-refractivity contribution in [2.24, 2.45) is 0 Å². The van der Waals surface area contributed by atoms with Crippen LogP contribution in [0.1, 0.15) is 5.56 Å². The fourth-order valence-corrected chi connectivity index (χ4v) is 0.581. The predicted molar refractivity (Wildman–Crippen MR) is 34.2 cm³/mol. The molecule has 0 bridgehead atoms. The highest BCUT2D eigenvalue weighted by Crippen LogP contribution is 2.06. The molecule has 1 aromatic heterocycles. The molecule has 1 nitrogen and oxygen atoms in total. The number of aromatic nitrogens is 1. The van der Waals surface area contributed by atoms with Crippen LogP contribution in [0, 0.1) is 11.8 Å². The Bertz CT molecular complexity index is 258. The van der Waals surface area contributed by atoms with E-state index in [-0.39, 0.29) is 5.56 Å². The van der Waals surface area contributed by atoms with Crippen molar-refractivity contribution in [3.8, 4) is 0 Å². The number of hydrogen-bond acceptors (Lipinski definition) is 1. The predicted octanol–water partition coefficient (Wildman–Crippen LogP) is 2.00. The molecule has 0 radical (unpaired) electrons. The minimum absolute atomic E-state index is 0.0833. The zero-order valence-electron chi connectivity index (χ0n) is 5.14. The van der Waals surface area contributed by atoms with E-state index in [0.717, 1.165) is 12.3 Å². The molecule has 0 atom stereocenters. The van der Waals surface area contributed by atoms with E-state index in [1.165, 1.54) is 6.08 Å². The van der Waals surface area contributed by atoms with Gasteiger partial charge < -0.3 is 0 Å². The molecule has 0 aliphatic heterocycles. The summed E-state index contributed by atoms with van der Waals surface area (Å²) in [6.07, 6.45) is 2.04. The van der Waals surface area contributed by atoms with Crippen LogP contribution in [0.4, 0.5) is 8.78 Å². The van der Waals surface area contributed by atoms with E-state index in [0.29, 0.717) is 0 Å². The lowest BCUT2D eigenvalue weighted by Crippen LogP contribution is -1.88. The summed E-state index contributed by atoms with van der Waals surface area (Å²) in [6, 6.07) is 1.04. The summed E-state index contributed by atoms with van der Waals surface area (Å²) in [6.45, 7) is 3.29. The van der Waals surface area contributed by atoms with Crippen molar-refractivity contribution in [3.05, 3.63) is 36.2 Å². The van der Waals surface area contributed by atoms with Crippen LogP contribution in [0.3, 0.4) is 0 Å². The highest BCUT2D eigenvalue weighted by molar-refractivity contribution is 5.45. The van der Waals surface area contributed by atoms with Crippen molar-refractivity contribution < 1.29 is 8.78 Å². The van der Waals surface area contributed by atoms with E-state index < -0.39 is 11.8 Å². The number of halogens is 2. The number of pyridine rings is 1. The molecule has 0 unspecified atom stereocenters. The molecule has 0 amide bonds. The lowest BCUT2D eigenvalue weighted by molar-refractivity contribution is 0.557. The van der Waals surface area contributed by atoms with E-state index >= 15 is 0 Å². The van der Waals surface area contributed by atoms with Crippen LogP contribution in [0.2, 0.25) is 0 Å². The summed E-state index contributed by atoms with van der Waals surface area (Å²) in [5, 5.41) is 0. The van der Waals surface area contributed by atoms with Gasteiger partial charge in [0, 0.05) is 5.56 Å². The molecule has 3 heteroatoms. The largest absolute Gasteiger partial charge is 0.225 e. The lowest BCUT2D eigenvalue weighted by Gasteiger charge is -1.92. The van der Waals surface area contributed by atoms with Gasteiger partial charge in [0.1, 0.15) is 5.82 Å². The van der Waals surface area contributed by atoms with Gasteiger partial charge in [0.25, 0.3) is 0 Å². The first-order valence-corrected chi connectivity index (χ1v) is 2.67. The maximum atomic E-state index is 12.4. The zero-order valence-corrected chi connectivity index (χ0v) is 5.14. The summed E-state index contributed by atoms with van der Waals surface area (Å²) >= 11 is 0. The first kappa shape index (κ1) is 6.86. The molecule has 1 aromatic rings. The fraction of sp³-hybridized carbons (Fsp3) is 0. The van der Waals surface area contributed by atoms with Crippen LogP contribution in [0.25, 0.3) is 6.08 Å². The first-order valence-electron chi connectivity index (χ1n) is 2.67. The van der Waals surface area contributed by atoms with Gasteiger partial charge in [-0.1, -0.05) is 12.7 Å². The minimum Gasteiger partial charge on any atom is -0.225 e. The number of nitrogens with zero attached hydrogens (tertiary/aromatic N) is 1. The van der Waals surface area contributed by atoms with Gasteiger partial charge in [-0.2, -0.15) is 4.39 Å². The summed E-state index contributed by atoms with van der Waals surface area (Å²) in [7, 11) is 0. The van der Waals surface area contributed by atoms with E-state index in [2.05, 4.69) is 11.6 Å². The van der Waals surface area contributed by atoms with Crippen LogP contribution in [-0.2, 0) is 0 Å². The monoisotopic (exact) mass is 141 g/mol. The second kappa shape index (κ2) is 2.56. The van der Waals surface area contributed by atoms with Crippen LogP contribution < -0.4 is 0 Å². The Morgan fingerprint density at radius 3 is 2.70 bits per heavy atom. The van der Waals surface area contributed by atoms with Gasteiger partial charge in [-0.15, -0.1) is 0 Å². The Balaban J connectivity index is 3.21. The molecule has 52 valence electrons. The van der Waals surface area contributed by atoms with Crippen LogP contribution in [0.15, 0.2) is 18.8 Å². The van der Waals surface area contributed by atoms with Crippen molar-refractivity contribution >= 4 is 6.08 Å². The standard InChI is InChI=1S/C7H5F2N/c1-2-5-3-6(8)4-10-7(5)9/h2-4H,1H2. The lowest BCUT2D eigenvalue weighted by atomic mass is 10.3. The molecule has 0 N–H and O–H groups in total. The van der Waals surface area contributed by atoms with Gasteiger partial charge in [0.2, 0.25) is 5.95 Å². The molecule has 0 aliphatic rings. The molecule has 1 rings (SSSR count). The molecule has 0 fully saturated rings. The fourth-order valence-electron chi connectivity index (χ4n) is 0.581. The van der Waals surface area contributed by atoms with Crippen molar-refractivity contribution in [2.75, 3.05) is 0 Å². The molecule has 1 heterocycles. The van der Waals surface area contributed by atoms with Gasteiger partial charge in [-0.05, 0) is 6.07 Å². The van der Waals surface area contributed by atoms with Gasteiger partial charge in [-0.3, -0.25) is 0 Å². The van der Waals surface area contributed by atoms with Gasteiger partial charge >= 0.3 is 0 Å². The van der Waals surface area contributed by atoms with E-state index in [4.69, 9.17) is 0 Å². The second-order valence-corrected chi connectivity index (χ2v) is 1.74. The summed E-state index contributed by atoms with van der Waals surface area (Å²) in [5.41, 5.74) is 0.0833. The Hall–Kier alpha value is -1.25. The highest BCUT2D eigenvalue weighted by atomic mass is 19.1. The van der Waals surface area contributed by atoms with E-state index in [1.54, 1.807) is 0 Å². The summed E-state index contributed by atoms with van der Waals surface area (Å²) in [5.74, 6) is -1.26. The topological polar surface area (TPSA) is 12.9 Å². The molecule has 0 spiro atoms.